The summed E-state index contributed by atoms with van der Waals surface area (Å²) < 4.78 is 5.70. The Bertz CT molecular complexity index is 923. The van der Waals surface area contributed by atoms with Crippen LogP contribution in [-0.2, 0) is 9.53 Å². The van der Waals surface area contributed by atoms with Gasteiger partial charge in [-0.1, -0.05) is 26.8 Å². The van der Waals surface area contributed by atoms with Crippen LogP contribution in [0.4, 0.5) is 5.69 Å². The van der Waals surface area contributed by atoms with Gasteiger partial charge in [0.15, 0.2) is 0 Å². The van der Waals surface area contributed by atoms with E-state index in [0.717, 1.165) is 24.2 Å². The molecule has 0 spiro atoms. The summed E-state index contributed by atoms with van der Waals surface area (Å²) in [5.74, 6) is -1.71. The summed E-state index contributed by atoms with van der Waals surface area (Å²) in [6, 6.07) is 3.87. The van der Waals surface area contributed by atoms with Crippen LogP contribution in [0.2, 0.25) is 0 Å². The molecule has 2 amide bonds. The summed E-state index contributed by atoms with van der Waals surface area (Å²) in [5, 5.41) is 11.2. The van der Waals surface area contributed by atoms with Crippen molar-refractivity contribution in [1.29, 1.82) is 0 Å². The molecule has 0 saturated heterocycles. The predicted molar refractivity (Wildman–Crippen MR) is 97.6 cm³/mol. The molecular formula is C20H22N2O6. The number of imide groups is 1. The normalized spacial score (nSPS) is 29.9. The first-order valence-electron chi connectivity index (χ1n) is 9.41. The van der Waals surface area contributed by atoms with Crippen LogP contribution in [0.15, 0.2) is 18.2 Å². The maximum atomic E-state index is 12.6. The van der Waals surface area contributed by atoms with E-state index in [4.69, 9.17) is 4.74 Å². The number of rotatable bonds is 4. The topological polar surface area (TPSA) is 107 Å². The minimum Gasteiger partial charge on any atom is -0.460 e. The maximum Gasteiger partial charge on any atom is 0.326 e. The average Bonchev–Trinajstić information content (AvgIpc) is 3.08. The molecule has 2 saturated carbocycles. The minimum absolute atomic E-state index is 0.0555. The zero-order valence-electron chi connectivity index (χ0n) is 16.1. The van der Waals surface area contributed by atoms with Crippen molar-refractivity contribution in [3.05, 3.63) is 39.4 Å². The Morgan fingerprint density at radius 2 is 2.00 bits per heavy atom. The van der Waals surface area contributed by atoms with Crippen molar-refractivity contribution < 1.29 is 24.0 Å². The lowest BCUT2D eigenvalue weighted by atomic mass is 9.70. The smallest absolute Gasteiger partial charge is 0.326 e. The van der Waals surface area contributed by atoms with Crippen LogP contribution in [0.25, 0.3) is 0 Å². The molecule has 2 aliphatic carbocycles. The van der Waals surface area contributed by atoms with Gasteiger partial charge in [0.1, 0.15) is 18.2 Å². The number of nitrogens with zero attached hydrogens (tertiary/aromatic N) is 2. The summed E-state index contributed by atoms with van der Waals surface area (Å²) >= 11 is 0. The number of carbonyl (C=O) groups excluding carboxylic acids is 3. The van der Waals surface area contributed by atoms with Gasteiger partial charge in [-0.25, -0.2) is 0 Å². The fourth-order valence-corrected chi connectivity index (χ4v) is 5.24. The lowest BCUT2D eigenvalue weighted by Crippen LogP contribution is -2.41. The number of nitro groups is 1. The highest BCUT2D eigenvalue weighted by molar-refractivity contribution is 6.24. The third kappa shape index (κ3) is 2.33. The number of hydrogen-bond donors (Lipinski definition) is 0. The van der Waals surface area contributed by atoms with Crippen molar-refractivity contribution >= 4 is 23.5 Å². The quantitative estimate of drug-likeness (QED) is 0.341. The van der Waals surface area contributed by atoms with Crippen LogP contribution >= 0.6 is 0 Å². The number of ether oxygens (including phenoxy) is 1. The number of nitro benzene ring substituents is 1. The largest absolute Gasteiger partial charge is 0.460 e. The van der Waals surface area contributed by atoms with E-state index in [1.807, 2.05) is 0 Å². The van der Waals surface area contributed by atoms with Gasteiger partial charge in [0.05, 0.1) is 10.5 Å². The van der Waals surface area contributed by atoms with E-state index in [0.29, 0.717) is 5.92 Å². The first-order chi connectivity index (χ1) is 13.1. The summed E-state index contributed by atoms with van der Waals surface area (Å²) in [6.45, 7) is 5.98. The molecule has 8 nitrogen and oxygen atoms in total. The van der Waals surface area contributed by atoms with Gasteiger partial charge in [0, 0.05) is 11.5 Å². The van der Waals surface area contributed by atoms with Gasteiger partial charge in [-0.15, -0.1) is 0 Å². The Hall–Kier alpha value is -2.77. The highest BCUT2D eigenvalue weighted by Gasteiger charge is 2.63. The SMILES string of the molecule is CC1(C)[C@H]2CC[C@]1(C)[C@@H](OC(=O)CN1C(=O)c3cccc([N+](=O)[O-])c3C1=O)C2. The molecule has 3 aliphatic rings. The Morgan fingerprint density at radius 1 is 1.29 bits per heavy atom. The summed E-state index contributed by atoms with van der Waals surface area (Å²) in [4.78, 5) is 48.9. The molecule has 1 aromatic rings. The van der Waals surface area contributed by atoms with Gasteiger partial charge in [-0.2, -0.15) is 0 Å². The van der Waals surface area contributed by atoms with E-state index in [1.54, 1.807) is 0 Å². The molecule has 0 N–H and O–H groups in total. The number of carbonyl (C=O) groups is 3. The van der Waals surface area contributed by atoms with Crippen LogP contribution in [0, 0.1) is 26.9 Å². The van der Waals surface area contributed by atoms with Crippen molar-refractivity contribution in [2.75, 3.05) is 6.54 Å². The van der Waals surface area contributed by atoms with Gasteiger partial charge in [0.25, 0.3) is 17.5 Å². The van der Waals surface area contributed by atoms with E-state index in [1.165, 1.54) is 18.2 Å². The van der Waals surface area contributed by atoms with Crippen molar-refractivity contribution in [3.63, 3.8) is 0 Å². The second-order valence-electron chi connectivity index (χ2n) is 8.74. The molecule has 0 unspecified atom stereocenters. The molecule has 8 heteroatoms. The molecule has 2 bridgehead atoms. The number of esters is 1. The third-order valence-corrected chi connectivity index (χ3v) is 7.45. The number of amides is 2. The number of benzene rings is 1. The Labute approximate surface area is 162 Å². The lowest BCUT2D eigenvalue weighted by Gasteiger charge is -2.38. The third-order valence-electron chi connectivity index (χ3n) is 7.45. The fraction of sp³-hybridized carbons (Fsp3) is 0.550. The number of fused-ring (bicyclic) bond motifs is 3. The van der Waals surface area contributed by atoms with E-state index < -0.39 is 34.9 Å². The van der Waals surface area contributed by atoms with E-state index in [-0.39, 0.29) is 28.1 Å². The fourth-order valence-electron chi connectivity index (χ4n) is 5.24. The first kappa shape index (κ1) is 18.6. The first-order valence-corrected chi connectivity index (χ1v) is 9.41. The molecule has 0 aromatic heterocycles. The van der Waals surface area contributed by atoms with Crippen LogP contribution in [-0.4, -0.2) is 40.3 Å². The van der Waals surface area contributed by atoms with Gasteiger partial charge < -0.3 is 4.74 Å². The van der Waals surface area contributed by atoms with Crippen LogP contribution in [0.5, 0.6) is 0 Å². The lowest BCUT2D eigenvalue weighted by molar-refractivity contribution is -0.385. The van der Waals surface area contributed by atoms with E-state index in [9.17, 15) is 24.5 Å². The number of hydrogen-bond acceptors (Lipinski definition) is 6. The van der Waals surface area contributed by atoms with Gasteiger partial charge in [-0.05, 0) is 36.7 Å². The summed E-state index contributed by atoms with van der Waals surface area (Å²) in [5.41, 5.74) is -0.824. The second kappa shape index (κ2) is 5.86. The summed E-state index contributed by atoms with van der Waals surface area (Å²) in [7, 11) is 0. The van der Waals surface area contributed by atoms with Gasteiger partial charge in [-0.3, -0.25) is 29.4 Å². The van der Waals surface area contributed by atoms with Crippen molar-refractivity contribution in [2.45, 2.75) is 46.1 Å². The molecule has 1 aliphatic heterocycles. The highest BCUT2D eigenvalue weighted by Crippen LogP contribution is 2.66. The zero-order chi connectivity index (χ0) is 20.4. The molecule has 2 fully saturated rings. The Morgan fingerprint density at radius 3 is 2.57 bits per heavy atom. The maximum absolute atomic E-state index is 12.6. The average molecular weight is 386 g/mol. The van der Waals surface area contributed by atoms with Crippen LogP contribution in [0.3, 0.4) is 0 Å². The minimum atomic E-state index is -0.830. The molecule has 4 rings (SSSR count). The molecule has 28 heavy (non-hydrogen) atoms. The van der Waals surface area contributed by atoms with Gasteiger partial charge in [0.2, 0.25) is 0 Å². The van der Waals surface area contributed by atoms with E-state index in [2.05, 4.69) is 20.8 Å². The Balaban J connectivity index is 1.51. The zero-order valence-corrected chi connectivity index (χ0v) is 16.1. The Kier molecular flexibility index (Phi) is 3.89. The molecular weight excluding hydrogens is 364 g/mol. The molecule has 3 atom stereocenters. The molecule has 0 radical (unpaired) electrons. The van der Waals surface area contributed by atoms with Crippen LogP contribution in [0.1, 0.15) is 60.7 Å². The summed E-state index contributed by atoms with van der Waals surface area (Å²) in [6.07, 6.45) is 2.61. The molecule has 1 heterocycles. The van der Waals surface area contributed by atoms with Crippen molar-refractivity contribution in [2.24, 2.45) is 16.7 Å². The highest BCUT2D eigenvalue weighted by atomic mass is 16.6. The standard InChI is InChI=1S/C20H22N2O6/c1-19(2)11-7-8-20(19,3)14(9-11)28-15(23)10-21-17(24)12-5-4-6-13(22(26)27)16(12)18(21)25/h4-6,11,14H,7-10H2,1-3H3/t11-,14-,20+/m0/s1. The second-order valence-corrected chi connectivity index (χ2v) is 8.74. The molecule has 148 valence electrons. The molecule has 1 aromatic carbocycles. The van der Waals surface area contributed by atoms with Gasteiger partial charge >= 0.3 is 5.97 Å². The monoisotopic (exact) mass is 386 g/mol. The van der Waals surface area contributed by atoms with Crippen LogP contribution < -0.4 is 0 Å². The van der Waals surface area contributed by atoms with Crippen molar-refractivity contribution in [1.82, 2.24) is 4.90 Å². The predicted octanol–water partition coefficient (Wildman–Crippen LogP) is 2.95. The van der Waals surface area contributed by atoms with Crippen molar-refractivity contribution in [3.8, 4) is 0 Å². The van der Waals surface area contributed by atoms with E-state index >= 15 is 0 Å².